The normalized spacial score (nSPS) is 18.2. The number of hydrogen-bond acceptors (Lipinski definition) is 2. The van der Waals surface area contributed by atoms with Gasteiger partial charge in [-0.05, 0) is 26.7 Å². The molecule has 2 rings (SSSR count). The fraction of sp³-hybridized carbons (Fsp3) is 0.600. The van der Waals surface area contributed by atoms with Crippen molar-refractivity contribution in [2.75, 3.05) is 0 Å². The van der Waals surface area contributed by atoms with Gasteiger partial charge in [0.25, 0.3) is 0 Å². The molecule has 1 fully saturated rings. The van der Waals surface area contributed by atoms with Crippen LogP contribution in [0, 0.1) is 13.8 Å². The molecule has 0 bridgehead atoms. The molecule has 1 heterocycles. The molecule has 0 spiro atoms. The summed E-state index contributed by atoms with van der Waals surface area (Å²) in [4.78, 5) is 11.2. The van der Waals surface area contributed by atoms with Gasteiger partial charge in [0.15, 0.2) is 0 Å². The van der Waals surface area contributed by atoms with Crippen LogP contribution in [0.15, 0.2) is 0 Å². The standard InChI is InChI=1S/C10H14N2O2/c1-6-8(7(2)12(3)11-6)10(4-5-10)9(13)14/h4-5H2,1-3H3,(H,13,14). The molecule has 14 heavy (non-hydrogen) atoms. The molecule has 1 aliphatic carbocycles. The number of carbonyl (C=O) groups is 1. The minimum Gasteiger partial charge on any atom is -0.481 e. The van der Waals surface area contributed by atoms with Crippen LogP contribution >= 0.6 is 0 Å². The second-order valence-corrected chi connectivity index (χ2v) is 4.06. The number of hydrogen-bond donors (Lipinski definition) is 1. The van der Waals surface area contributed by atoms with E-state index >= 15 is 0 Å². The quantitative estimate of drug-likeness (QED) is 0.768. The van der Waals surface area contributed by atoms with Crippen LogP contribution in [0.3, 0.4) is 0 Å². The first-order valence-corrected chi connectivity index (χ1v) is 4.73. The summed E-state index contributed by atoms with van der Waals surface area (Å²) in [7, 11) is 1.85. The molecule has 0 saturated heterocycles. The minimum absolute atomic E-state index is 0.623. The summed E-state index contributed by atoms with van der Waals surface area (Å²) >= 11 is 0. The summed E-state index contributed by atoms with van der Waals surface area (Å²) < 4.78 is 1.76. The molecule has 4 heteroatoms. The first-order chi connectivity index (χ1) is 6.49. The summed E-state index contributed by atoms with van der Waals surface area (Å²) in [5, 5.41) is 13.4. The average molecular weight is 194 g/mol. The van der Waals surface area contributed by atoms with Crippen LogP contribution in [0.25, 0.3) is 0 Å². The van der Waals surface area contributed by atoms with Crippen molar-refractivity contribution in [2.45, 2.75) is 32.1 Å². The van der Waals surface area contributed by atoms with Gasteiger partial charge in [0.2, 0.25) is 0 Å². The van der Waals surface area contributed by atoms with Crippen molar-refractivity contribution < 1.29 is 9.90 Å². The molecule has 1 aromatic rings. The van der Waals surface area contributed by atoms with Crippen molar-refractivity contribution in [3.8, 4) is 0 Å². The van der Waals surface area contributed by atoms with Gasteiger partial charge in [-0.25, -0.2) is 0 Å². The zero-order chi connectivity index (χ0) is 10.5. The molecule has 76 valence electrons. The maximum absolute atomic E-state index is 11.2. The lowest BCUT2D eigenvalue weighted by molar-refractivity contribution is -0.140. The van der Waals surface area contributed by atoms with Crippen LogP contribution in [0.2, 0.25) is 0 Å². The monoisotopic (exact) mass is 194 g/mol. The third kappa shape index (κ3) is 0.997. The maximum atomic E-state index is 11.2. The fourth-order valence-electron chi connectivity index (χ4n) is 2.16. The van der Waals surface area contributed by atoms with Crippen molar-refractivity contribution in [1.29, 1.82) is 0 Å². The SMILES string of the molecule is Cc1nn(C)c(C)c1C1(C(=O)O)CC1. The number of carboxylic acids is 1. The molecule has 4 nitrogen and oxygen atoms in total. The average Bonchev–Trinajstić information content (AvgIpc) is 2.81. The number of aryl methyl sites for hydroxylation is 2. The Kier molecular flexibility index (Phi) is 1.71. The molecular weight excluding hydrogens is 180 g/mol. The number of rotatable bonds is 2. The molecule has 1 N–H and O–H groups in total. The van der Waals surface area contributed by atoms with Gasteiger partial charge in [0.05, 0.1) is 11.1 Å². The van der Waals surface area contributed by atoms with Crippen LogP contribution in [0.1, 0.15) is 29.8 Å². The third-order valence-corrected chi connectivity index (χ3v) is 3.15. The Morgan fingerprint density at radius 1 is 1.50 bits per heavy atom. The Bertz CT molecular complexity index is 402. The van der Waals surface area contributed by atoms with Gasteiger partial charge in [-0.2, -0.15) is 5.10 Å². The second kappa shape index (κ2) is 2.59. The summed E-state index contributed by atoms with van der Waals surface area (Å²) in [5.74, 6) is -0.711. The molecular formula is C10H14N2O2. The van der Waals surface area contributed by atoms with Crippen molar-refractivity contribution >= 4 is 5.97 Å². The van der Waals surface area contributed by atoms with E-state index in [2.05, 4.69) is 5.10 Å². The summed E-state index contributed by atoms with van der Waals surface area (Å²) in [6.07, 6.45) is 1.49. The first kappa shape index (κ1) is 9.24. The van der Waals surface area contributed by atoms with Gasteiger partial charge in [-0.15, -0.1) is 0 Å². The van der Waals surface area contributed by atoms with Crippen LogP contribution in [-0.2, 0) is 17.3 Å². The Labute approximate surface area is 82.5 Å². The lowest BCUT2D eigenvalue weighted by Crippen LogP contribution is -2.21. The van der Waals surface area contributed by atoms with Crippen LogP contribution < -0.4 is 0 Å². The predicted molar refractivity (Wildman–Crippen MR) is 51.2 cm³/mol. The van der Waals surface area contributed by atoms with E-state index in [1.807, 2.05) is 20.9 Å². The van der Waals surface area contributed by atoms with Gasteiger partial charge < -0.3 is 5.11 Å². The van der Waals surface area contributed by atoms with Gasteiger partial charge in [-0.1, -0.05) is 0 Å². The molecule has 1 aliphatic rings. The maximum Gasteiger partial charge on any atom is 0.314 e. The lowest BCUT2D eigenvalue weighted by atomic mass is 9.94. The minimum atomic E-state index is -0.711. The first-order valence-electron chi connectivity index (χ1n) is 4.73. The molecule has 0 amide bonds. The zero-order valence-electron chi connectivity index (χ0n) is 8.66. The highest BCUT2D eigenvalue weighted by atomic mass is 16.4. The topological polar surface area (TPSA) is 55.1 Å². The van der Waals surface area contributed by atoms with Crippen molar-refractivity contribution in [1.82, 2.24) is 9.78 Å². The molecule has 0 radical (unpaired) electrons. The molecule has 0 aliphatic heterocycles. The van der Waals surface area contributed by atoms with Gasteiger partial charge in [-0.3, -0.25) is 9.48 Å². The summed E-state index contributed by atoms with van der Waals surface area (Å²) in [6, 6.07) is 0. The fourth-order valence-corrected chi connectivity index (χ4v) is 2.16. The van der Waals surface area contributed by atoms with E-state index in [4.69, 9.17) is 0 Å². The smallest absolute Gasteiger partial charge is 0.314 e. The Morgan fingerprint density at radius 2 is 2.07 bits per heavy atom. The number of aromatic nitrogens is 2. The van der Waals surface area contributed by atoms with E-state index < -0.39 is 11.4 Å². The van der Waals surface area contributed by atoms with Crippen LogP contribution in [0.4, 0.5) is 0 Å². The molecule has 0 atom stereocenters. The third-order valence-electron chi connectivity index (χ3n) is 3.15. The van der Waals surface area contributed by atoms with E-state index in [1.165, 1.54) is 0 Å². The van der Waals surface area contributed by atoms with E-state index in [-0.39, 0.29) is 0 Å². The van der Waals surface area contributed by atoms with Gasteiger partial charge >= 0.3 is 5.97 Å². The number of carboxylic acid groups (broad SMARTS) is 1. The molecule has 1 saturated carbocycles. The lowest BCUT2D eigenvalue weighted by Gasteiger charge is -2.09. The van der Waals surface area contributed by atoms with Crippen molar-refractivity contribution in [3.63, 3.8) is 0 Å². The van der Waals surface area contributed by atoms with E-state index in [1.54, 1.807) is 4.68 Å². The van der Waals surface area contributed by atoms with Crippen molar-refractivity contribution in [2.24, 2.45) is 7.05 Å². The molecule has 0 aromatic carbocycles. The predicted octanol–water partition coefficient (Wildman–Crippen LogP) is 1.15. The summed E-state index contributed by atoms with van der Waals surface area (Å²) in [6.45, 7) is 3.81. The Morgan fingerprint density at radius 3 is 2.36 bits per heavy atom. The molecule has 0 unspecified atom stereocenters. The summed E-state index contributed by atoms with van der Waals surface area (Å²) in [5.41, 5.74) is 2.13. The Hall–Kier alpha value is -1.32. The largest absolute Gasteiger partial charge is 0.481 e. The van der Waals surface area contributed by atoms with Crippen molar-refractivity contribution in [3.05, 3.63) is 17.0 Å². The highest BCUT2D eigenvalue weighted by Crippen LogP contribution is 2.50. The van der Waals surface area contributed by atoms with Crippen LogP contribution in [-0.4, -0.2) is 20.9 Å². The van der Waals surface area contributed by atoms with Crippen LogP contribution in [0.5, 0.6) is 0 Å². The van der Waals surface area contributed by atoms with Gasteiger partial charge in [0.1, 0.15) is 0 Å². The van der Waals surface area contributed by atoms with E-state index in [0.29, 0.717) is 0 Å². The zero-order valence-corrected chi connectivity index (χ0v) is 8.66. The van der Waals surface area contributed by atoms with E-state index in [0.717, 1.165) is 29.8 Å². The highest BCUT2D eigenvalue weighted by molar-refractivity contribution is 5.85. The van der Waals surface area contributed by atoms with E-state index in [9.17, 15) is 9.90 Å². The molecule has 1 aromatic heterocycles. The van der Waals surface area contributed by atoms with Gasteiger partial charge in [0, 0.05) is 18.3 Å². The number of aliphatic carboxylic acids is 1. The Balaban J connectivity index is 2.56. The highest BCUT2D eigenvalue weighted by Gasteiger charge is 2.54. The number of nitrogens with zero attached hydrogens (tertiary/aromatic N) is 2. The second-order valence-electron chi connectivity index (χ2n) is 4.06.